The van der Waals surface area contributed by atoms with Gasteiger partial charge in [0.2, 0.25) is 0 Å². The topological polar surface area (TPSA) is 44.8 Å². The second kappa shape index (κ2) is 10.9. The zero-order valence-electron chi connectivity index (χ0n) is 13.7. The predicted molar refractivity (Wildman–Crippen MR) is 109 cm³/mol. The van der Waals surface area contributed by atoms with E-state index in [0.29, 0.717) is 16.3 Å². The minimum Gasteiger partial charge on any atom is -0.489 e. The summed E-state index contributed by atoms with van der Waals surface area (Å²) < 4.78 is 16.1. The van der Waals surface area contributed by atoms with Crippen molar-refractivity contribution < 1.29 is 19.0 Å². The van der Waals surface area contributed by atoms with Gasteiger partial charge in [0.15, 0.2) is 5.75 Å². The van der Waals surface area contributed by atoms with Crippen LogP contribution in [0.15, 0.2) is 47.0 Å². The minimum atomic E-state index is -0.506. The Kier molecular flexibility index (Phi) is 8.87. The molecule has 0 saturated carbocycles. The van der Waals surface area contributed by atoms with Crippen LogP contribution < -0.4 is 9.47 Å². The molecule has 0 radical (unpaired) electrons. The van der Waals surface area contributed by atoms with E-state index >= 15 is 0 Å². The third-order valence-electron chi connectivity index (χ3n) is 3.08. The molecule has 0 bridgehead atoms. The number of ether oxygens (including phenoxy) is 3. The Morgan fingerprint density at radius 3 is 2.30 bits per heavy atom. The van der Waals surface area contributed by atoms with Crippen LogP contribution in [-0.2, 0) is 4.74 Å². The van der Waals surface area contributed by atoms with Crippen LogP contribution in [0.2, 0.25) is 15.1 Å². The summed E-state index contributed by atoms with van der Waals surface area (Å²) in [6.45, 7) is 0.237. The fourth-order valence-electron chi connectivity index (χ4n) is 1.94. The Hall–Kier alpha value is -1.30. The third kappa shape index (κ3) is 7.32. The number of carbonyl (C=O) groups excluding carboxylic acids is 1. The molecule has 2 aromatic rings. The van der Waals surface area contributed by atoms with Crippen molar-refractivity contribution in [2.45, 2.75) is 0 Å². The summed E-state index contributed by atoms with van der Waals surface area (Å²) in [5.74, 6) is 0.180. The number of rotatable bonds is 8. The van der Waals surface area contributed by atoms with Crippen molar-refractivity contribution in [3.63, 3.8) is 0 Å². The second-order valence-corrected chi connectivity index (χ2v) is 7.27. The standard InChI is InChI=1S/C18H13Cl5O4/c19-12-3-1-2-11(8-12)18(24)27-7-6-26-17-14(20)9-13(10-15(17)21)25-5-4-16(22)23/h1-4,8-10H,5-7H2. The van der Waals surface area contributed by atoms with E-state index in [1.807, 2.05) is 0 Å². The highest BCUT2D eigenvalue weighted by molar-refractivity contribution is 6.55. The van der Waals surface area contributed by atoms with Crippen molar-refractivity contribution in [2.75, 3.05) is 19.8 Å². The van der Waals surface area contributed by atoms with Gasteiger partial charge in [-0.05, 0) is 24.3 Å². The van der Waals surface area contributed by atoms with Gasteiger partial charge in [0.25, 0.3) is 0 Å². The quantitative estimate of drug-likeness (QED) is 0.323. The van der Waals surface area contributed by atoms with E-state index in [-0.39, 0.29) is 40.1 Å². The lowest BCUT2D eigenvalue weighted by Gasteiger charge is -2.12. The molecule has 4 nitrogen and oxygen atoms in total. The number of hydrogen-bond acceptors (Lipinski definition) is 4. The summed E-state index contributed by atoms with van der Waals surface area (Å²) >= 11 is 29.1. The highest BCUT2D eigenvalue weighted by Crippen LogP contribution is 2.37. The molecule has 0 aliphatic heterocycles. The van der Waals surface area contributed by atoms with Crippen LogP contribution in [0.4, 0.5) is 0 Å². The smallest absolute Gasteiger partial charge is 0.338 e. The molecule has 144 valence electrons. The summed E-state index contributed by atoms with van der Waals surface area (Å²) in [6, 6.07) is 9.53. The van der Waals surface area contributed by atoms with Crippen LogP contribution >= 0.6 is 58.0 Å². The summed E-state index contributed by atoms with van der Waals surface area (Å²) in [4.78, 5) is 11.9. The molecule has 0 aliphatic rings. The van der Waals surface area contributed by atoms with Gasteiger partial charge in [0, 0.05) is 17.2 Å². The first-order chi connectivity index (χ1) is 12.9. The van der Waals surface area contributed by atoms with Crippen LogP contribution in [0.5, 0.6) is 11.5 Å². The molecule has 0 amide bonds. The van der Waals surface area contributed by atoms with E-state index < -0.39 is 5.97 Å². The molecule has 9 heteroatoms. The van der Waals surface area contributed by atoms with Gasteiger partial charge in [-0.3, -0.25) is 0 Å². The van der Waals surface area contributed by atoms with Gasteiger partial charge in [-0.15, -0.1) is 0 Å². The summed E-state index contributed by atoms with van der Waals surface area (Å²) in [5, 5.41) is 0.949. The van der Waals surface area contributed by atoms with E-state index in [1.165, 1.54) is 24.3 Å². The lowest BCUT2D eigenvalue weighted by Crippen LogP contribution is -2.12. The maximum atomic E-state index is 11.9. The first-order valence-electron chi connectivity index (χ1n) is 7.55. The molecule has 0 atom stereocenters. The van der Waals surface area contributed by atoms with Crippen LogP contribution in [0, 0.1) is 0 Å². The van der Waals surface area contributed by atoms with Crippen LogP contribution in [0.1, 0.15) is 10.4 Å². The average molecular weight is 471 g/mol. The molecule has 27 heavy (non-hydrogen) atoms. The molecular formula is C18H13Cl5O4. The lowest BCUT2D eigenvalue weighted by molar-refractivity contribution is 0.0450. The Morgan fingerprint density at radius 1 is 0.963 bits per heavy atom. The van der Waals surface area contributed by atoms with Gasteiger partial charge in [-0.25, -0.2) is 4.79 Å². The molecule has 2 rings (SSSR count). The van der Waals surface area contributed by atoms with Crippen LogP contribution in [0.3, 0.4) is 0 Å². The van der Waals surface area contributed by atoms with E-state index in [9.17, 15) is 4.79 Å². The predicted octanol–water partition coefficient (Wildman–Crippen LogP) is 6.58. The van der Waals surface area contributed by atoms with Crippen molar-refractivity contribution in [3.05, 3.63) is 67.6 Å². The molecule has 0 spiro atoms. The molecule has 0 unspecified atom stereocenters. The molecular weight excluding hydrogens is 457 g/mol. The number of esters is 1. The lowest BCUT2D eigenvalue weighted by atomic mass is 10.2. The van der Waals surface area contributed by atoms with Gasteiger partial charge < -0.3 is 14.2 Å². The van der Waals surface area contributed by atoms with E-state index in [2.05, 4.69) is 0 Å². The normalized spacial score (nSPS) is 10.3. The first kappa shape index (κ1) is 22.0. The maximum Gasteiger partial charge on any atom is 0.338 e. The SMILES string of the molecule is O=C(OCCOc1c(Cl)cc(OCC=C(Cl)Cl)cc1Cl)c1cccc(Cl)c1. The summed E-state index contributed by atoms with van der Waals surface area (Å²) in [6.07, 6.45) is 1.48. The van der Waals surface area contributed by atoms with E-state index in [0.717, 1.165) is 0 Å². The molecule has 2 aromatic carbocycles. The monoisotopic (exact) mass is 468 g/mol. The molecule has 0 aromatic heterocycles. The largest absolute Gasteiger partial charge is 0.489 e. The van der Waals surface area contributed by atoms with Gasteiger partial charge in [0.05, 0.1) is 15.6 Å². The number of hydrogen-bond donors (Lipinski definition) is 0. The zero-order chi connectivity index (χ0) is 19.8. The van der Waals surface area contributed by atoms with Crippen molar-refractivity contribution in [2.24, 2.45) is 0 Å². The van der Waals surface area contributed by atoms with Crippen molar-refractivity contribution in [1.29, 1.82) is 0 Å². The molecule has 0 N–H and O–H groups in total. The fraction of sp³-hybridized carbons (Fsp3) is 0.167. The van der Waals surface area contributed by atoms with Crippen LogP contribution in [-0.4, -0.2) is 25.8 Å². The fourth-order valence-corrected chi connectivity index (χ4v) is 2.83. The zero-order valence-corrected chi connectivity index (χ0v) is 17.5. The number of carbonyl (C=O) groups is 1. The van der Waals surface area contributed by atoms with Gasteiger partial charge in [0.1, 0.15) is 30.1 Å². The van der Waals surface area contributed by atoms with Gasteiger partial charge >= 0.3 is 5.97 Å². The first-order valence-corrected chi connectivity index (χ1v) is 9.44. The second-order valence-electron chi connectivity index (χ2n) is 5.02. The summed E-state index contributed by atoms with van der Waals surface area (Å²) in [7, 11) is 0. The Labute approximate surface area is 181 Å². The Morgan fingerprint density at radius 2 is 1.67 bits per heavy atom. The molecule has 0 fully saturated rings. The van der Waals surface area contributed by atoms with E-state index in [4.69, 9.17) is 72.2 Å². The molecule has 0 aliphatic carbocycles. The minimum absolute atomic E-state index is 0.00920. The molecule has 0 heterocycles. The highest BCUT2D eigenvalue weighted by atomic mass is 35.5. The highest BCUT2D eigenvalue weighted by Gasteiger charge is 2.12. The number of benzene rings is 2. The third-order valence-corrected chi connectivity index (χ3v) is 4.19. The van der Waals surface area contributed by atoms with Gasteiger partial charge in [-0.1, -0.05) is 64.1 Å². The van der Waals surface area contributed by atoms with Crippen LogP contribution in [0.25, 0.3) is 0 Å². The molecule has 0 saturated heterocycles. The van der Waals surface area contributed by atoms with Crippen molar-refractivity contribution in [3.8, 4) is 11.5 Å². The Bertz CT molecular complexity index is 811. The van der Waals surface area contributed by atoms with Gasteiger partial charge in [-0.2, -0.15) is 0 Å². The van der Waals surface area contributed by atoms with Crippen molar-refractivity contribution >= 4 is 64.0 Å². The van der Waals surface area contributed by atoms with Crippen molar-refractivity contribution in [1.82, 2.24) is 0 Å². The maximum absolute atomic E-state index is 11.9. The number of halogens is 5. The average Bonchev–Trinajstić information content (AvgIpc) is 2.60. The van der Waals surface area contributed by atoms with E-state index in [1.54, 1.807) is 18.2 Å². The Balaban J connectivity index is 1.86. The summed E-state index contributed by atoms with van der Waals surface area (Å²) in [5.41, 5.74) is 0.353.